The van der Waals surface area contributed by atoms with Gasteiger partial charge in [0.05, 0.1) is 12.8 Å². The zero-order chi connectivity index (χ0) is 17.8. The number of fused-ring (bicyclic) bond motifs is 1. The number of aromatic nitrogens is 2. The summed E-state index contributed by atoms with van der Waals surface area (Å²) in [5.41, 5.74) is 3.13. The van der Waals surface area contributed by atoms with Crippen LogP contribution < -0.4 is 10.1 Å². The van der Waals surface area contributed by atoms with Gasteiger partial charge in [-0.25, -0.2) is 0 Å². The molecule has 0 unspecified atom stereocenters. The van der Waals surface area contributed by atoms with E-state index in [9.17, 15) is 0 Å². The molecule has 26 heavy (non-hydrogen) atoms. The molecule has 0 fully saturated rings. The summed E-state index contributed by atoms with van der Waals surface area (Å²) in [4.78, 5) is 0. The summed E-state index contributed by atoms with van der Waals surface area (Å²) >= 11 is 0. The van der Waals surface area contributed by atoms with Crippen LogP contribution in [0.1, 0.15) is 11.3 Å². The number of rotatable bonds is 5. The monoisotopic (exact) mass is 341 g/mol. The maximum atomic E-state index is 5.23. The van der Waals surface area contributed by atoms with Crippen molar-refractivity contribution in [1.82, 2.24) is 10.2 Å². The Hall–Kier alpha value is -3.40. The highest BCUT2D eigenvalue weighted by Gasteiger charge is 2.10. The van der Waals surface area contributed by atoms with Gasteiger partial charge in [0.1, 0.15) is 5.75 Å². The van der Waals surface area contributed by atoms with Crippen molar-refractivity contribution in [3.63, 3.8) is 0 Å². The summed E-state index contributed by atoms with van der Waals surface area (Å²) in [5.74, 6) is 1.62. The smallest absolute Gasteiger partial charge is 0.160 e. The lowest BCUT2D eigenvalue weighted by molar-refractivity contribution is 0.414. The first-order valence-corrected chi connectivity index (χ1v) is 8.53. The van der Waals surface area contributed by atoms with Crippen LogP contribution in [0, 0.1) is 0 Å². The molecule has 4 nitrogen and oxygen atoms in total. The van der Waals surface area contributed by atoms with E-state index in [1.165, 1.54) is 5.56 Å². The molecule has 0 aliphatic heterocycles. The number of hydrogen-bond acceptors (Lipinski definition) is 4. The third-order valence-electron chi connectivity index (χ3n) is 4.33. The molecule has 0 bridgehead atoms. The molecule has 1 N–H and O–H groups in total. The molecule has 0 spiro atoms. The lowest BCUT2D eigenvalue weighted by Crippen LogP contribution is -2.02. The van der Waals surface area contributed by atoms with Crippen molar-refractivity contribution in [2.45, 2.75) is 6.42 Å². The van der Waals surface area contributed by atoms with Crippen LogP contribution in [0.25, 0.3) is 10.8 Å². The van der Waals surface area contributed by atoms with Crippen LogP contribution >= 0.6 is 0 Å². The third kappa shape index (κ3) is 3.35. The quantitative estimate of drug-likeness (QED) is 0.556. The van der Waals surface area contributed by atoms with E-state index in [4.69, 9.17) is 4.74 Å². The average molecular weight is 341 g/mol. The molecule has 0 atom stereocenters. The molecule has 0 saturated heterocycles. The molecule has 0 aliphatic rings. The SMILES string of the molecule is COc1ccc(Cc2nnc(Nc3ccccc3)c3ccccc23)cc1. The highest BCUT2D eigenvalue weighted by Crippen LogP contribution is 2.27. The second kappa shape index (κ2) is 7.23. The molecule has 0 aliphatic carbocycles. The molecule has 0 amide bonds. The van der Waals surface area contributed by atoms with E-state index < -0.39 is 0 Å². The fourth-order valence-corrected chi connectivity index (χ4v) is 2.98. The molecule has 1 aromatic heterocycles. The Labute approximate surface area is 152 Å². The van der Waals surface area contributed by atoms with Gasteiger partial charge >= 0.3 is 0 Å². The van der Waals surface area contributed by atoms with Crippen LogP contribution in [0.5, 0.6) is 5.75 Å². The number of methoxy groups -OCH3 is 1. The first-order valence-electron chi connectivity index (χ1n) is 8.53. The number of nitrogens with one attached hydrogen (secondary N) is 1. The van der Waals surface area contributed by atoms with Crippen LogP contribution in [0.3, 0.4) is 0 Å². The number of anilines is 2. The van der Waals surface area contributed by atoms with Gasteiger partial charge in [-0.05, 0) is 29.8 Å². The number of ether oxygens (including phenoxy) is 1. The second-order valence-electron chi connectivity index (χ2n) is 6.06. The van der Waals surface area contributed by atoms with E-state index >= 15 is 0 Å². The minimum absolute atomic E-state index is 0.725. The topological polar surface area (TPSA) is 47.0 Å². The minimum Gasteiger partial charge on any atom is -0.497 e. The van der Waals surface area contributed by atoms with Gasteiger partial charge in [0.25, 0.3) is 0 Å². The van der Waals surface area contributed by atoms with E-state index in [-0.39, 0.29) is 0 Å². The summed E-state index contributed by atoms with van der Waals surface area (Å²) in [6, 6.07) is 26.3. The van der Waals surface area contributed by atoms with Gasteiger partial charge in [0.15, 0.2) is 5.82 Å². The molecule has 0 radical (unpaired) electrons. The van der Waals surface area contributed by atoms with Gasteiger partial charge in [-0.2, -0.15) is 5.10 Å². The maximum absolute atomic E-state index is 5.23. The Kier molecular flexibility index (Phi) is 4.48. The molecule has 128 valence electrons. The van der Waals surface area contributed by atoms with Crippen molar-refractivity contribution < 1.29 is 4.74 Å². The van der Waals surface area contributed by atoms with E-state index in [0.29, 0.717) is 0 Å². The highest BCUT2D eigenvalue weighted by molar-refractivity contribution is 5.94. The van der Waals surface area contributed by atoms with E-state index in [1.807, 2.05) is 54.6 Å². The van der Waals surface area contributed by atoms with Crippen LogP contribution in [-0.2, 0) is 6.42 Å². The van der Waals surface area contributed by atoms with Gasteiger partial charge in [-0.3, -0.25) is 0 Å². The fourth-order valence-electron chi connectivity index (χ4n) is 2.98. The lowest BCUT2D eigenvalue weighted by Gasteiger charge is -2.11. The largest absolute Gasteiger partial charge is 0.497 e. The molecule has 3 aromatic carbocycles. The normalized spacial score (nSPS) is 10.7. The van der Waals surface area contributed by atoms with Gasteiger partial charge in [-0.1, -0.05) is 54.6 Å². The molecule has 4 rings (SSSR count). The van der Waals surface area contributed by atoms with E-state index in [0.717, 1.165) is 40.1 Å². The van der Waals surface area contributed by atoms with Crippen molar-refractivity contribution in [2.75, 3.05) is 12.4 Å². The van der Waals surface area contributed by atoms with Crippen molar-refractivity contribution in [2.24, 2.45) is 0 Å². The molecule has 0 saturated carbocycles. The van der Waals surface area contributed by atoms with Crippen LogP contribution in [0.2, 0.25) is 0 Å². The first-order chi connectivity index (χ1) is 12.8. The number of nitrogens with zero attached hydrogens (tertiary/aromatic N) is 2. The summed E-state index contributed by atoms with van der Waals surface area (Å²) in [7, 11) is 1.67. The zero-order valence-corrected chi connectivity index (χ0v) is 14.5. The highest BCUT2D eigenvalue weighted by atomic mass is 16.5. The van der Waals surface area contributed by atoms with Gasteiger partial charge in [-0.15, -0.1) is 5.10 Å². The van der Waals surface area contributed by atoms with E-state index in [1.54, 1.807) is 7.11 Å². The Balaban J connectivity index is 1.69. The predicted molar refractivity (Wildman–Crippen MR) is 105 cm³/mol. The van der Waals surface area contributed by atoms with Gasteiger partial charge in [0, 0.05) is 22.9 Å². The predicted octanol–water partition coefficient (Wildman–Crippen LogP) is 4.97. The Morgan fingerprint density at radius 2 is 1.46 bits per heavy atom. The third-order valence-corrected chi connectivity index (χ3v) is 4.33. The molecular weight excluding hydrogens is 322 g/mol. The zero-order valence-electron chi connectivity index (χ0n) is 14.5. The van der Waals surface area contributed by atoms with Crippen molar-refractivity contribution >= 4 is 22.3 Å². The Morgan fingerprint density at radius 1 is 0.769 bits per heavy atom. The summed E-state index contributed by atoms with van der Waals surface area (Å²) in [6.45, 7) is 0. The summed E-state index contributed by atoms with van der Waals surface area (Å²) < 4.78 is 5.23. The average Bonchev–Trinajstić information content (AvgIpc) is 2.71. The number of benzene rings is 3. The minimum atomic E-state index is 0.725. The lowest BCUT2D eigenvalue weighted by atomic mass is 10.0. The van der Waals surface area contributed by atoms with E-state index in [2.05, 4.69) is 39.8 Å². The fraction of sp³-hybridized carbons (Fsp3) is 0.0909. The number of para-hydroxylation sites is 1. The Bertz CT molecular complexity index is 1010. The summed E-state index contributed by atoms with van der Waals surface area (Å²) in [6.07, 6.45) is 0.725. The second-order valence-corrected chi connectivity index (χ2v) is 6.06. The maximum Gasteiger partial charge on any atom is 0.160 e. The summed E-state index contributed by atoms with van der Waals surface area (Å²) in [5, 5.41) is 14.5. The van der Waals surface area contributed by atoms with Crippen molar-refractivity contribution in [1.29, 1.82) is 0 Å². The van der Waals surface area contributed by atoms with Crippen LogP contribution in [-0.4, -0.2) is 17.3 Å². The first kappa shape index (κ1) is 16.1. The van der Waals surface area contributed by atoms with Crippen LogP contribution in [0.15, 0.2) is 78.9 Å². The van der Waals surface area contributed by atoms with Gasteiger partial charge in [0.2, 0.25) is 0 Å². The molecule has 4 aromatic rings. The molecular formula is C22H19N3O. The van der Waals surface area contributed by atoms with Crippen LogP contribution in [0.4, 0.5) is 11.5 Å². The molecule has 1 heterocycles. The van der Waals surface area contributed by atoms with Gasteiger partial charge < -0.3 is 10.1 Å². The Morgan fingerprint density at radius 3 is 2.19 bits per heavy atom. The van der Waals surface area contributed by atoms with Crippen molar-refractivity contribution in [3.8, 4) is 5.75 Å². The number of hydrogen-bond donors (Lipinski definition) is 1. The molecule has 4 heteroatoms. The van der Waals surface area contributed by atoms with Crippen molar-refractivity contribution in [3.05, 3.63) is 90.1 Å². The standard InChI is InChI=1S/C22H19N3O/c1-26-18-13-11-16(12-14-18)15-21-19-9-5-6-10-20(19)22(25-24-21)23-17-7-3-2-4-8-17/h2-14H,15H2,1H3,(H,23,25).